The summed E-state index contributed by atoms with van der Waals surface area (Å²) in [6.45, 7) is 3.47. The second-order valence-corrected chi connectivity index (χ2v) is 3.90. The Morgan fingerprint density at radius 1 is 1.53 bits per heavy atom. The van der Waals surface area contributed by atoms with E-state index in [1.807, 2.05) is 25.1 Å². The maximum absolute atomic E-state index is 11.3. The maximum Gasteiger partial charge on any atom is 0.309 e. The number of hydrogen-bond donors (Lipinski definition) is 1. The van der Waals surface area contributed by atoms with Crippen LogP contribution in [0.1, 0.15) is 19.0 Å². The molecule has 0 amide bonds. The molecule has 0 fully saturated rings. The van der Waals surface area contributed by atoms with Crippen LogP contribution in [-0.2, 0) is 16.0 Å². The quantitative estimate of drug-likeness (QED) is 0.574. The van der Waals surface area contributed by atoms with Crippen LogP contribution in [0, 0.1) is 5.92 Å². The SMILES string of the molecule is CCC(CNCCc1ccccn1)C(=O)OC. The zero-order valence-electron chi connectivity index (χ0n) is 10.5. The van der Waals surface area contributed by atoms with Crippen LogP contribution in [0.5, 0.6) is 0 Å². The molecule has 4 heteroatoms. The Labute approximate surface area is 102 Å². The van der Waals surface area contributed by atoms with Gasteiger partial charge in [0.2, 0.25) is 0 Å². The highest BCUT2D eigenvalue weighted by molar-refractivity contribution is 5.72. The van der Waals surface area contributed by atoms with E-state index in [0.717, 1.165) is 25.1 Å². The van der Waals surface area contributed by atoms with E-state index in [9.17, 15) is 4.79 Å². The fraction of sp³-hybridized carbons (Fsp3) is 0.538. The van der Waals surface area contributed by atoms with Gasteiger partial charge in [0.15, 0.2) is 0 Å². The number of aromatic nitrogens is 1. The van der Waals surface area contributed by atoms with E-state index in [1.54, 1.807) is 6.20 Å². The Morgan fingerprint density at radius 2 is 2.35 bits per heavy atom. The molecule has 0 aliphatic heterocycles. The van der Waals surface area contributed by atoms with Gasteiger partial charge in [0, 0.05) is 31.4 Å². The largest absolute Gasteiger partial charge is 0.469 e. The lowest BCUT2D eigenvalue weighted by Crippen LogP contribution is -2.30. The number of carbonyl (C=O) groups excluding carboxylic acids is 1. The van der Waals surface area contributed by atoms with E-state index in [4.69, 9.17) is 4.74 Å². The van der Waals surface area contributed by atoms with Gasteiger partial charge in [-0.1, -0.05) is 13.0 Å². The molecule has 17 heavy (non-hydrogen) atoms. The first-order chi connectivity index (χ1) is 8.27. The predicted molar refractivity (Wildman–Crippen MR) is 66.6 cm³/mol. The van der Waals surface area contributed by atoms with Crippen LogP contribution in [0.15, 0.2) is 24.4 Å². The van der Waals surface area contributed by atoms with E-state index in [2.05, 4.69) is 10.3 Å². The lowest BCUT2D eigenvalue weighted by molar-refractivity contribution is -0.145. The molecule has 0 aliphatic carbocycles. The van der Waals surface area contributed by atoms with Crippen LogP contribution in [0.25, 0.3) is 0 Å². The third kappa shape index (κ3) is 4.95. The highest BCUT2D eigenvalue weighted by atomic mass is 16.5. The fourth-order valence-electron chi connectivity index (χ4n) is 1.60. The summed E-state index contributed by atoms with van der Waals surface area (Å²) in [5.41, 5.74) is 1.06. The minimum absolute atomic E-state index is 0.0521. The van der Waals surface area contributed by atoms with Crippen LogP contribution in [0.3, 0.4) is 0 Å². The minimum Gasteiger partial charge on any atom is -0.469 e. The number of ether oxygens (including phenoxy) is 1. The van der Waals surface area contributed by atoms with Gasteiger partial charge in [0.05, 0.1) is 13.0 Å². The second kappa shape index (κ2) is 7.79. The van der Waals surface area contributed by atoms with Gasteiger partial charge in [0.1, 0.15) is 0 Å². The Bertz CT molecular complexity index is 327. The van der Waals surface area contributed by atoms with Crippen molar-refractivity contribution in [3.05, 3.63) is 30.1 Å². The third-order valence-electron chi connectivity index (χ3n) is 2.70. The number of rotatable bonds is 7. The molecule has 0 saturated heterocycles. The molecule has 1 N–H and O–H groups in total. The Balaban J connectivity index is 2.21. The van der Waals surface area contributed by atoms with Gasteiger partial charge in [-0.15, -0.1) is 0 Å². The van der Waals surface area contributed by atoms with E-state index in [-0.39, 0.29) is 11.9 Å². The fourth-order valence-corrected chi connectivity index (χ4v) is 1.60. The molecule has 0 saturated carbocycles. The third-order valence-corrected chi connectivity index (χ3v) is 2.70. The number of nitrogens with one attached hydrogen (secondary N) is 1. The number of pyridine rings is 1. The van der Waals surface area contributed by atoms with E-state index in [0.29, 0.717) is 6.54 Å². The summed E-state index contributed by atoms with van der Waals surface area (Å²) in [5, 5.41) is 3.26. The van der Waals surface area contributed by atoms with Gasteiger partial charge in [0.25, 0.3) is 0 Å². The summed E-state index contributed by atoms with van der Waals surface area (Å²) in [4.78, 5) is 15.6. The molecule has 1 unspecified atom stereocenters. The van der Waals surface area contributed by atoms with Crippen LogP contribution >= 0.6 is 0 Å². The normalized spacial score (nSPS) is 12.1. The molecular weight excluding hydrogens is 216 g/mol. The van der Waals surface area contributed by atoms with Crippen LogP contribution in [-0.4, -0.2) is 31.2 Å². The smallest absolute Gasteiger partial charge is 0.309 e. The molecule has 0 aromatic carbocycles. The van der Waals surface area contributed by atoms with Gasteiger partial charge in [-0.3, -0.25) is 9.78 Å². The van der Waals surface area contributed by atoms with Gasteiger partial charge in [-0.2, -0.15) is 0 Å². The molecule has 1 aromatic rings. The number of carbonyl (C=O) groups is 1. The van der Waals surface area contributed by atoms with E-state index >= 15 is 0 Å². The average molecular weight is 236 g/mol. The predicted octanol–water partition coefficient (Wildman–Crippen LogP) is 1.41. The van der Waals surface area contributed by atoms with E-state index < -0.39 is 0 Å². The van der Waals surface area contributed by atoms with Gasteiger partial charge in [-0.05, 0) is 18.6 Å². The lowest BCUT2D eigenvalue weighted by atomic mass is 10.1. The number of nitrogens with zero attached hydrogens (tertiary/aromatic N) is 1. The molecule has 0 bridgehead atoms. The van der Waals surface area contributed by atoms with Crippen molar-refractivity contribution in [3.63, 3.8) is 0 Å². The van der Waals surface area contributed by atoms with Crippen molar-refractivity contribution in [1.29, 1.82) is 0 Å². The first kappa shape index (κ1) is 13.6. The van der Waals surface area contributed by atoms with Crippen LogP contribution in [0.4, 0.5) is 0 Å². The number of esters is 1. The van der Waals surface area contributed by atoms with Gasteiger partial charge >= 0.3 is 5.97 Å². The molecule has 0 radical (unpaired) electrons. The molecule has 0 spiro atoms. The van der Waals surface area contributed by atoms with Crippen molar-refractivity contribution in [1.82, 2.24) is 10.3 Å². The molecule has 1 aromatic heterocycles. The van der Waals surface area contributed by atoms with Crippen molar-refractivity contribution in [2.24, 2.45) is 5.92 Å². The first-order valence-electron chi connectivity index (χ1n) is 5.96. The zero-order chi connectivity index (χ0) is 12.5. The Morgan fingerprint density at radius 3 is 2.94 bits per heavy atom. The molecule has 0 aliphatic rings. The van der Waals surface area contributed by atoms with Crippen molar-refractivity contribution < 1.29 is 9.53 Å². The summed E-state index contributed by atoms with van der Waals surface area (Å²) >= 11 is 0. The second-order valence-electron chi connectivity index (χ2n) is 3.90. The lowest BCUT2D eigenvalue weighted by Gasteiger charge is -2.12. The standard InChI is InChI=1S/C13H20N2O2/c1-3-11(13(16)17-2)10-14-9-7-12-6-4-5-8-15-12/h4-6,8,11,14H,3,7,9-10H2,1-2H3. The van der Waals surface area contributed by atoms with Crippen molar-refractivity contribution in [3.8, 4) is 0 Å². The number of hydrogen-bond acceptors (Lipinski definition) is 4. The summed E-state index contributed by atoms with van der Waals surface area (Å²) < 4.78 is 4.73. The van der Waals surface area contributed by atoms with E-state index in [1.165, 1.54) is 7.11 Å². The molecular formula is C13H20N2O2. The monoisotopic (exact) mass is 236 g/mol. The maximum atomic E-state index is 11.3. The zero-order valence-corrected chi connectivity index (χ0v) is 10.5. The van der Waals surface area contributed by atoms with Gasteiger partial charge < -0.3 is 10.1 Å². The molecule has 4 nitrogen and oxygen atoms in total. The first-order valence-corrected chi connectivity index (χ1v) is 5.96. The summed E-state index contributed by atoms with van der Waals surface area (Å²) in [6.07, 6.45) is 3.46. The van der Waals surface area contributed by atoms with Crippen LogP contribution < -0.4 is 5.32 Å². The Hall–Kier alpha value is -1.42. The average Bonchev–Trinajstić information content (AvgIpc) is 2.39. The minimum atomic E-state index is -0.141. The molecule has 1 heterocycles. The molecule has 1 atom stereocenters. The summed E-state index contributed by atoms with van der Waals surface area (Å²) in [7, 11) is 1.43. The summed E-state index contributed by atoms with van der Waals surface area (Å²) in [5.74, 6) is -0.193. The van der Waals surface area contributed by atoms with Crippen molar-refractivity contribution in [2.75, 3.05) is 20.2 Å². The number of methoxy groups -OCH3 is 1. The van der Waals surface area contributed by atoms with Gasteiger partial charge in [-0.25, -0.2) is 0 Å². The van der Waals surface area contributed by atoms with Crippen molar-refractivity contribution in [2.45, 2.75) is 19.8 Å². The highest BCUT2D eigenvalue weighted by Crippen LogP contribution is 2.03. The topological polar surface area (TPSA) is 51.2 Å². The highest BCUT2D eigenvalue weighted by Gasteiger charge is 2.15. The molecule has 94 valence electrons. The molecule has 1 rings (SSSR count). The Kier molecular flexibility index (Phi) is 6.25. The summed E-state index contributed by atoms with van der Waals surface area (Å²) in [6, 6.07) is 5.88. The van der Waals surface area contributed by atoms with Crippen LogP contribution in [0.2, 0.25) is 0 Å². The van der Waals surface area contributed by atoms with Crippen molar-refractivity contribution >= 4 is 5.97 Å².